The fourth-order valence-electron chi connectivity index (χ4n) is 1.58. The minimum Gasteiger partial charge on any atom is -0.338 e. The third kappa shape index (κ3) is 2.26. The van der Waals surface area contributed by atoms with Crippen LogP contribution in [0.5, 0.6) is 0 Å². The maximum absolute atomic E-state index is 5.17. The minimum atomic E-state index is 0.117. The van der Waals surface area contributed by atoms with E-state index in [0.717, 1.165) is 9.86 Å². The number of aromatic nitrogens is 3. The van der Waals surface area contributed by atoms with E-state index in [2.05, 4.69) is 21.2 Å². The number of aryl methyl sites for hydroxylation is 1. The second-order valence-electron chi connectivity index (χ2n) is 3.89. The van der Waals surface area contributed by atoms with E-state index in [9.17, 15) is 0 Å². The molecule has 0 spiro atoms. The van der Waals surface area contributed by atoms with Crippen molar-refractivity contribution in [1.29, 1.82) is 0 Å². The Hall–Kier alpha value is -1.40. The quantitative estimate of drug-likeness (QED) is 0.681. The van der Waals surface area contributed by atoms with Gasteiger partial charge < -0.3 is 4.52 Å². The van der Waals surface area contributed by atoms with Crippen LogP contribution in [-0.4, -0.2) is 15.1 Å². The molecule has 1 aromatic carbocycles. The molecular weight excluding hydrogens is 266 g/mol. The van der Waals surface area contributed by atoms with Gasteiger partial charge in [-0.1, -0.05) is 29.1 Å². The van der Waals surface area contributed by atoms with Crippen molar-refractivity contribution in [3.63, 3.8) is 0 Å². The molecule has 1 atom stereocenters. The fourth-order valence-corrected chi connectivity index (χ4v) is 3.82. The van der Waals surface area contributed by atoms with Crippen molar-refractivity contribution in [2.75, 3.05) is 0 Å². The maximum atomic E-state index is 5.17. The first-order valence-corrected chi connectivity index (χ1v) is 7.24. The molecule has 0 N–H and O–H groups in total. The van der Waals surface area contributed by atoms with Crippen molar-refractivity contribution in [2.45, 2.75) is 23.4 Å². The summed E-state index contributed by atoms with van der Waals surface area (Å²) in [5, 5.41) is 3.92. The normalized spacial score (nSPS) is 13.0. The van der Waals surface area contributed by atoms with Crippen LogP contribution >= 0.6 is 23.1 Å². The predicted octanol–water partition coefficient (Wildman–Crippen LogP) is 3.84. The highest BCUT2D eigenvalue weighted by molar-refractivity contribution is 8.01. The molecule has 3 rings (SSSR count). The van der Waals surface area contributed by atoms with Gasteiger partial charge in [-0.25, -0.2) is 4.98 Å². The molecule has 0 saturated carbocycles. The molecular formula is C12H11N3OS2. The highest BCUT2D eigenvalue weighted by atomic mass is 32.2. The van der Waals surface area contributed by atoms with Gasteiger partial charge in [0, 0.05) is 0 Å². The lowest BCUT2D eigenvalue weighted by Gasteiger charge is -2.01. The van der Waals surface area contributed by atoms with Gasteiger partial charge >= 0.3 is 0 Å². The molecule has 0 radical (unpaired) electrons. The van der Waals surface area contributed by atoms with Gasteiger partial charge in [-0.2, -0.15) is 4.98 Å². The summed E-state index contributed by atoms with van der Waals surface area (Å²) in [6.07, 6.45) is 0. The summed E-state index contributed by atoms with van der Waals surface area (Å²) in [6.45, 7) is 3.87. The Kier molecular flexibility index (Phi) is 3.05. The first-order chi connectivity index (χ1) is 8.72. The molecule has 0 aliphatic rings. The van der Waals surface area contributed by atoms with Crippen LogP contribution in [0.3, 0.4) is 0 Å². The predicted molar refractivity (Wildman–Crippen MR) is 72.9 cm³/mol. The summed E-state index contributed by atoms with van der Waals surface area (Å²) >= 11 is 3.34. The molecule has 0 saturated heterocycles. The number of hydrogen-bond donors (Lipinski definition) is 0. The van der Waals surface area contributed by atoms with Crippen LogP contribution in [0.4, 0.5) is 0 Å². The zero-order chi connectivity index (χ0) is 12.5. The van der Waals surface area contributed by atoms with E-state index < -0.39 is 0 Å². The third-order valence-corrected chi connectivity index (χ3v) is 4.66. The second-order valence-corrected chi connectivity index (χ2v) is 6.51. The van der Waals surface area contributed by atoms with Crippen LogP contribution in [-0.2, 0) is 0 Å². The average Bonchev–Trinajstić information content (AvgIpc) is 2.94. The molecule has 1 unspecified atom stereocenters. The van der Waals surface area contributed by atoms with Crippen molar-refractivity contribution >= 4 is 33.3 Å². The molecule has 18 heavy (non-hydrogen) atoms. The third-order valence-electron chi connectivity index (χ3n) is 2.44. The lowest BCUT2D eigenvalue weighted by molar-refractivity contribution is 0.376. The van der Waals surface area contributed by atoms with Crippen molar-refractivity contribution in [3.05, 3.63) is 36.0 Å². The number of hydrogen-bond acceptors (Lipinski definition) is 6. The molecule has 92 valence electrons. The molecule has 0 aliphatic carbocycles. The number of thioether (sulfide) groups is 1. The summed E-state index contributed by atoms with van der Waals surface area (Å²) in [6, 6.07) is 8.14. The highest BCUT2D eigenvalue weighted by Gasteiger charge is 2.16. The van der Waals surface area contributed by atoms with E-state index >= 15 is 0 Å². The van der Waals surface area contributed by atoms with Crippen molar-refractivity contribution < 1.29 is 4.52 Å². The summed E-state index contributed by atoms with van der Waals surface area (Å²) < 4.78 is 7.40. The van der Waals surface area contributed by atoms with E-state index in [4.69, 9.17) is 4.52 Å². The van der Waals surface area contributed by atoms with Gasteiger partial charge in [-0.3, -0.25) is 0 Å². The molecule has 0 fully saturated rings. The summed E-state index contributed by atoms with van der Waals surface area (Å²) in [7, 11) is 0. The summed E-state index contributed by atoms with van der Waals surface area (Å²) in [4.78, 5) is 8.82. The monoisotopic (exact) mass is 277 g/mol. The van der Waals surface area contributed by atoms with Crippen molar-refractivity contribution in [2.24, 2.45) is 0 Å². The second kappa shape index (κ2) is 4.70. The Bertz CT molecular complexity index is 644. The SMILES string of the molecule is Cc1noc(C(C)Sc2nc3ccccc3s2)n1. The Morgan fingerprint density at radius 1 is 1.28 bits per heavy atom. The zero-order valence-electron chi connectivity index (χ0n) is 9.95. The van der Waals surface area contributed by atoms with E-state index in [0.29, 0.717) is 11.7 Å². The van der Waals surface area contributed by atoms with Gasteiger partial charge in [0.25, 0.3) is 0 Å². The molecule has 0 bridgehead atoms. The summed E-state index contributed by atoms with van der Waals surface area (Å²) in [5.74, 6) is 1.32. The number of para-hydroxylation sites is 1. The van der Waals surface area contributed by atoms with Crippen LogP contribution in [0.2, 0.25) is 0 Å². The minimum absolute atomic E-state index is 0.117. The maximum Gasteiger partial charge on any atom is 0.239 e. The van der Waals surface area contributed by atoms with Gasteiger partial charge in [0.05, 0.1) is 15.5 Å². The number of benzene rings is 1. The number of nitrogens with zero attached hydrogens (tertiary/aromatic N) is 3. The first-order valence-electron chi connectivity index (χ1n) is 5.55. The summed E-state index contributed by atoms with van der Waals surface area (Å²) in [5.41, 5.74) is 1.04. The van der Waals surface area contributed by atoms with Crippen LogP contribution in [0.1, 0.15) is 23.9 Å². The highest BCUT2D eigenvalue weighted by Crippen LogP contribution is 2.38. The van der Waals surface area contributed by atoms with E-state index in [1.54, 1.807) is 23.1 Å². The van der Waals surface area contributed by atoms with Gasteiger partial charge in [0.1, 0.15) is 0 Å². The molecule has 2 aromatic heterocycles. The smallest absolute Gasteiger partial charge is 0.239 e. The topological polar surface area (TPSA) is 51.8 Å². The number of thiazole rings is 1. The Balaban J connectivity index is 1.83. The average molecular weight is 277 g/mol. The molecule has 2 heterocycles. The van der Waals surface area contributed by atoms with E-state index in [1.807, 2.05) is 32.0 Å². The fraction of sp³-hybridized carbons (Fsp3) is 0.250. The van der Waals surface area contributed by atoms with Crippen LogP contribution in [0.25, 0.3) is 10.2 Å². The number of rotatable bonds is 3. The van der Waals surface area contributed by atoms with Gasteiger partial charge in [-0.05, 0) is 26.0 Å². The molecule has 0 aliphatic heterocycles. The van der Waals surface area contributed by atoms with Crippen LogP contribution < -0.4 is 0 Å². The number of fused-ring (bicyclic) bond motifs is 1. The van der Waals surface area contributed by atoms with Gasteiger partial charge in [0.15, 0.2) is 10.2 Å². The van der Waals surface area contributed by atoms with Crippen LogP contribution in [0.15, 0.2) is 33.1 Å². The Labute approximate surface area is 112 Å². The van der Waals surface area contributed by atoms with E-state index in [-0.39, 0.29) is 5.25 Å². The molecule has 6 heteroatoms. The lowest BCUT2D eigenvalue weighted by Crippen LogP contribution is -1.88. The van der Waals surface area contributed by atoms with Gasteiger partial charge in [-0.15, -0.1) is 11.3 Å². The van der Waals surface area contributed by atoms with Crippen molar-refractivity contribution in [1.82, 2.24) is 15.1 Å². The van der Waals surface area contributed by atoms with Crippen molar-refractivity contribution in [3.8, 4) is 0 Å². The van der Waals surface area contributed by atoms with Crippen LogP contribution in [0, 0.1) is 6.92 Å². The zero-order valence-corrected chi connectivity index (χ0v) is 11.6. The standard InChI is InChI=1S/C12H11N3OS2/c1-7(11-13-8(2)15-16-11)17-12-14-9-5-3-4-6-10(9)18-12/h3-7H,1-2H3. The van der Waals surface area contributed by atoms with Gasteiger partial charge in [0.2, 0.25) is 5.89 Å². The molecule has 4 nitrogen and oxygen atoms in total. The largest absolute Gasteiger partial charge is 0.338 e. The Morgan fingerprint density at radius 3 is 2.83 bits per heavy atom. The molecule has 0 amide bonds. The van der Waals surface area contributed by atoms with E-state index in [1.165, 1.54) is 4.70 Å². The first kappa shape index (κ1) is 11.7. The molecule has 3 aromatic rings. The Morgan fingerprint density at radius 2 is 2.11 bits per heavy atom. The lowest BCUT2D eigenvalue weighted by atomic mass is 10.3.